The maximum atomic E-state index is 11.5. The maximum Gasteiger partial charge on any atom is 0.280 e. The van der Waals surface area contributed by atoms with E-state index in [1.54, 1.807) is 4.57 Å². The number of nitrogens with one attached hydrogen (secondary N) is 1. The third-order valence-corrected chi connectivity index (χ3v) is 2.79. The predicted molar refractivity (Wildman–Crippen MR) is 70.6 cm³/mol. The van der Waals surface area contributed by atoms with Gasteiger partial charge in [-0.2, -0.15) is 4.98 Å². The minimum atomic E-state index is -0.378. The number of hydrogen-bond donors (Lipinski definition) is 4. The molecule has 0 bridgehead atoms. The van der Waals surface area contributed by atoms with Gasteiger partial charge < -0.3 is 20.5 Å². The number of aryl methyl sites for hydroxylation is 1. The topological polar surface area (TPSA) is 130 Å². The van der Waals surface area contributed by atoms with E-state index in [9.17, 15) is 4.79 Å². The van der Waals surface area contributed by atoms with Crippen molar-refractivity contribution in [3.05, 3.63) is 16.7 Å². The number of anilines is 1. The Balaban J connectivity index is 0.00000180. The van der Waals surface area contributed by atoms with E-state index in [1.807, 2.05) is 0 Å². The molecule has 0 aliphatic carbocycles. The van der Waals surface area contributed by atoms with E-state index in [2.05, 4.69) is 15.0 Å². The molecule has 9 heteroatoms. The monoisotopic (exact) mass is 292 g/mol. The summed E-state index contributed by atoms with van der Waals surface area (Å²) in [5.41, 5.74) is 5.73. The molecule has 0 aliphatic rings. The van der Waals surface area contributed by atoms with Crippen molar-refractivity contribution in [2.24, 2.45) is 5.92 Å². The third kappa shape index (κ3) is 3.84. The summed E-state index contributed by atoms with van der Waals surface area (Å²) >= 11 is 0. The fourth-order valence-corrected chi connectivity index (χ4v) is 1.70. The van der Waals surface area contributed by atoms with Gasteiger partial charge in [0, 0.05) is 77.1 Å². The summed E-state index contributed by atoms with van der Waals surface area (Å²) in [5, 5.41) is 18.0. The Bertz CT molecular complexity index is 592. The average molecular weight is 292 g/mol. The van der Waals surface area contributed by atoms with Crippen LogP contribution < -0.4 is 11.3 Å². The van der Waals surface area contributed by atoms with Crippen molar-refractivity contribution in [1.29, 1.82) is 0 Å². The first-order valence-electron chi connectivity index (χ1n) is 5.58. The normalized spacial score (nSPS) is 10.9. The van der Waals surface area contributed by atoms with Gasteiger partial charge in [0.25, 0.3) is 5.56 Å². The Morgan fingerprint density at radius 3 is 2.74 bits per heavy atom. The molecule has 1 radical (unpaired) electrons. The quantitative estimate of drug-likeness (QED) is 0.487. The second-order valence-electron chi connectivity index (χ2n) is 4.08. The Morgan fingerprint density at radius 1 is 1.42 bits per heavy atom. The summed E-state index contributed by atoms with van der Waals surface area (Å²) in [6.07, 6.45) is 2.06. The van der Waals surface area contributed by atoms with E-state index < -0.39 is 0 Å². The molecule has 0 unspecified atom stereocenters. The molecule has 99 valence electrons. The van der Waals surface area contributed by atoms with Crippen LogP contribution in [-0.4, -0.2) is 94.3 Å². The van der Waals surface area contributed by atoms with Crippen LogP contribution in [0.4, 0.5) is 5.95 Å². The zero-order chi connectivity index (χ0) is 13.1. The number of aromatic amines is 1. The van der Waals surface area contributed by atoms with Crippen molar-refractivity contribution in [3.63, 3.8) is 0 Å². The predicted octanol–water partition coefficient (Wildman–Crippen LogP) is -1.69. The standard InChI is InChI=1S/C10H15N5O3.K/c11-10-13-8-7(9(18)14-10)12-5-15(8)2-1-6(3-16)4-17;/h5-6,16-17H,1-4H2,(H3,11,13,14,18);. The summed E-state index contributed by atoms with van der Waals surface area (Å²) in [6, 6.07) is 0. The Hall–Kier alpha value is -0.294. The second-order valence-corrected chi connectivity index (χ2v) is 4.08. The van der Waals surface area contributed by atoms with E-state index in [4.69, 9.17) is 15.9 Å². The van der Waals surface area contributed by atoms with Crippen LogP contribution in [0.2, 0.25) is 0 Å². The van der Waals surface area contributed by atoms with E-state index >= 15 is 0 Å². The molecule has 19 heavy (non-hydrogen) atoms. The zero-order valence-electron chi connectivity index (χ0n) is 10.7. The van der Waals surface area contributed by atoms with Crippen LogP contribution in [0.1, 0.15) is 6.42 Å². The van der Waals surface area contributed by atoms with E-state index in [0.717, 1.165) is 0 Å². The number of aromatic nitrogens is 4. The molecule has 0 amide bonds. The minimum Gasteiger partial charge on any atom is -0.396 e. The minimum absolute atomic E-state index is 0. The summed E-state index contributed by atoms with van der Waals surface area (Å²) in [6.45, 7) is 0.330. The van der Waals surface area contributed by atoms with Gasteiger partial charge in [-0.15, -0.1) is 0 Å². The number of rotatable bonds is 5. The van der Waals surface area contributed by atoms with Gasteiger partial charge in [-0.1, -0.05) is 0 Å². The number of imidazole rings is 1. The first-order chi connectivity index (χ1) is 8.65. The van der Waals surface area contributed by atoms with Gasteiger partial charge in [-0.3, -0.25) is 9.78 Å². The van der Waals surface area contributed by atoms with Crippen LogP contribution in [0.15, 0.2) is 11.1 Å². The van der Waals surface area contributed by atoms with Crippen LogP contribution in [-0.2, 0) is 6.54 Å². The number of hydrogen-bond acceptors (Lipinski definition) is 6. The number of aliphatic hydroxyl groups is 2. The summed E-state index contributed by atoms with van der Waals surface area (Å²) < 4.78 is 1.68. The number of nitrogens with two attached hydrogens (primary N) is 1. The molecular formula is C10H15KN5O3. The molecule has 5 N–H and O–H groups in total. The molecule has 0 aliphatic heterocycles. The molecule has 0 spiro atoms. The van der Waals surface area contributed by atoms with Crippen molar-refractivity contribution in [1.82, 2.24) is 19.5 Å². The van der Waals surface area contributed by atoms with Crippen LogP contribution in [0.5, 0.6) is 0 Å². The first kappa shape index (κ1) is 16.8. The Morgan fingerprint density at radius 2 is 2.11 bits per heavy atom. The summed E-state index contributed by atoms with van der Waals surface area (Å²) in [4.78, 5) is 21.9. The molecule has 2 rings (SSSR count). The number of H-pyrrole nitrogens is 1. The maximum absolute atomic E-state index is 11.5. The number of nitrogen functional groups attached to an aromatic ring is 1. The third-order valence-electron chi connectivity index (χ3n) is 2.79. The zero-order valence-corrected chi connectivity index (χ0v) is 13.8. The van der Waals surface area contributed by atoms with Crippen LogP contribution in [0.25, 0.3) is 11.2 Å². The van der Waals surface area contributed by atoms with Gasteiger partial charge >= 0.3 is 0 Å². The number of fused-ring (bicyclic) bond motifs is 1. The van der Waals surface area contributed by atoms with E-state index in [1.165, 1.54) is 6.33 Å². The fraction of sp³-hybridized carbons (Fsp3) is 0.500. The van der Waals surface area contributed by atoms with Crippen molar-refractivity contribution >= 4 is 68.5 Å². The van der Waals surface area contributed by atoms with Crippen molar-refractivity contribution in [3.8, 4) is 0 Å². The molecule has 2 heterocycles. The Kier molecular flexibility index (Phi) is 6.60. The second kappa shape index (κ2) is 7.48. The molecule has 0 saturated carbocycles. The van der Waals surface area contributed by atoms with Gasteiger partial charge in [-0.05, 0) is 6.42 Å². The largest absolute Gasteiger partial charge is 0.396 e. The number of aliphatic hydroxyl groups excluding tert-OH is 2. The molecular weight excluding hydrogens is 277 g/mol. The fourth-order valence-electron chi connectivity index (χ4n) is 1.70. The molecule has 0 fully saturated rings. The van der Waals surface area contributed by atoms with Gasteiger partial charge in [-0.25, -0.2) is 4.98 Å². The van der Waals surface area contributed by atoms with Gasteiger partial charge in [0.2, 0.25) is 5.95 Å². The molecule has 2 aromatic heterocycles. The van der Waals surface area contributed by atoms with Crippen LogP contribution in [0, 0.1) is 5.92 Å². The first-order valence-corrected chi connectivity index (χ1v) is 5.58. The average Bonchev–Trinajstić information content (AvgIpc) is 2.74. The Labute approximate surface area is 151 Å². The van der Waals surface area contributed by atoms with Crippen molar-refractivity contribution in [2.45, 2.75) is 13.0 Å². The van der Waals surface area contributed by atoms with Crippen molar-refractivity contribution < 1.29 is 10.2 Å². The molecule has 2 aromatic rings. The molecule has 0 saturated heterocycles. The van der Waals surface area contributed by atoms with Crippen LogP contribution >= 0.6 is 0 Å². The molecule has 0 atom stereocenters. The SMILES string of the molecule is Nc1nc2c(ncn2CCC(CO)CO)c(=O)[nH]1.[K]. The summed E-state index contributed by atoms with van der Waals surface area (Å²) in [7, 11) is 0. The van der Waals surface area contributed by atoms with Gasteiger partial charge in [0.05, 0.1) is 6.33 Å². The number of nitrogens with zero attached hydrogens (tertiary/aromatic N) is 3. The van der Waals surface area contributed by atoms with Crippen molar-refractivity contribution in [2.75, 3.05) is 18.9 Å². The molecule has 0 aromatic carbocycles. The smallest absolute Gasteiger partial charge is 0.280 e. The van der Waals surface area contributed by atoms with Crippen LogP contribution in [0.3, 0.4) is 0 Å². The van der Waals surface area contributed by atoms with Gasteiger partial charge in [0.15, 0.2) is 11.2 Å². The van der Waals surface area contributed by atoms with E-state index in [0.29, 0.717) is 18.6 Å². The summed E-state index contributed by atoms with van der Waals surface area (Å²) in [5.74, 6) is -0.156. The molecule has 8 nitrogen and oxygen atoms in total. The van der Waals surface area contributed by atoms with Gasteiger partial charge in [0.1, 0.15) is 0 Å². The van der Waals surface area contributed by atoms with E-state index in [-0.39, 0.29) is 87.5 Å².